The first-order valence-corrected chi connectivity index (χ1v) is 7.04. The van der Waals surface area contributed by atoms with Crippen molar-refractivity contribution in [1.82, 2.24) is 0 Å². The summed E-state index contributed by atoms with van der Waals surface area (Å²) in [6.07, 6.45) is 0.360. The van der Waals surface area contributed by atoms with E-state index in [9.17, 15) is 9.18 Å². The van der Waals surface area contributed by atoms with Gasteiger partial charge >= 0.3 is 0 Å². The number of amides is 1. The van der Waals surface area contributed by atoms with E-state index < -0.39 is 0 Å². The predicted molar refractivity (Wildman–Crippen MR) is 84.0 cm³/mol. The summed E-state index contributed by atoms with van der Waals surface area (Å²) >= 11 is 0. The van der Waals surface area contributed by atoms with Gasteiger partial charge in [-0.25, -0.2) is 4.39 Å². The van der Waals surface area contributed by atoms with Gasteiger partial charge in [0.05, 0.1) is 0 Å². The van der Waals surface area contributed by atoms with Crippen molar-refractivity contribution in [3.8, 4) is 0 Å². The highest BCUT2D eigenvalue weighted by Crippen LogP contribution is 2.15. The molecular formula is C17H19FN2O. The van der Waals surface area contributed by atoms with E-state index in [4.69, 9.17) is 0 Å². The smallest absolute Gasteiger partial charge is 0.226 e. The van der Waals surface area contributed by atoms with Gasteiger partial charge < -0.3 is 10.2 Å². The Morgan fingerprint density at radius 3 is 2.57 bits per heavy atom. The number of carbonyl (C=O) groups is 1. The van der Waals surface area contributed by atoms with Crippen molar-refractivity contribution in [3.05, 3.63) is 60.4 Å². The van der Waals surface area contributed by atoms with Crippen molar-refractivity contribution in [1.29, 1.82) is 0 Å². The molecule has 0 aliphatic carbocycles. The van der Waals surface area contributed by atoms with E-state index >= 15 is 0 Å². The third-order valence-corrected chi connectivity index (χ3v) is 3.22. The number of anilines is 2. The molecule has 0 aromatic heterocycles. The molecule has 3 nitrogen and oxygen atoms in total. The maximum absolute atomic E-state index is 13.2. The summed E-state index contributed by atoms with van der Waals surface area (Å²) in [5.74, 6) is -0.309. The maximum Gasteiger partial charge on any atom is 0.226 e. The van der Waals surface area contributed by atoms with E-state index in [2.05, 4.69) is 5.32 Å². The minimum atomic E-state index is -0.264. The first kappa shape index (κ1) is 15.0. The Kier molecular flexibility index (Phi) is 5.32. The van der Waals surface area contributed by atoms with Crippen molar-refractivity contribution in [3.63, 3.8) is 0 Å². The van der Waals surface area contributed by atoms with Gasteiger partial charge in [0.15, 0.2) is 0 Å². The molecule has 0 atom stereocenters. The van der Waals surface area contributed by atoms with Crippen molar-refractivity contribution in [2.45, 2.75) is 13.3 Å². The van der Waals surface area contributed by atoms with Gasteiger partial charge in [-0.2, -0.15) is 0 Å². The second-order valence-electron chi connectivity index (χ2n) is 4.72. The summed E-state index contributed by atoms with van der Waals surface area (Å²) < 4.78 is 13.2. The largest absolute Gasteiger partial charge is 0.371 e. The molecule has 4 heteroatoms. The van der Waals surface area contributed by atoms with Crippen molar-refractivity contribution < 1.29 is 9.18 Å². The quantitative estimate of drug-likeness (QED) is 0.878. The lowest BCUT2D eigenvalue weighted by Crippen LogP contribution is -2.27. The second kappa shape index (κ2) is 7.43. The van der Waals surface area contributed by atoms with Gasteiger partial charge in [0.2, 0.25) is 5.91 Å². The molecule has 0 spiro atoms. The van der Waals surface area contributed by atoms with Gasteiger partial charge in [0.1, 0.15) is 5.82 Å². The molecule has 0 bridgehead atoms. The number of rotatable bonds is 6. The second-order valence-corrected chi connectivity index (χ2v) is 4.72. The third kappa shape index (κ3) is 4.60. The molecule has 1 amide bonds. The molecule has 0 saturated heterocycles. The molecule has 2 aromatic carbocycles. The maximum atomic E-state index is 13.2. The highest BCUT2D eigenvalue weighted by Gasteiger charge is 2.08. The Hall–Kier alpha value is -2.36. The summed E-state index contributed by atoms with van der Waals surface area (Å²) in [7, 11) is 0. The standard InChI is InChI=1S/C17H19FN2O/c1-2-20(16-10-6-7-14(18)13-16)12-11-17(21)19-15-8-4-3-5-9-15/h3-10,13H,2,11-12H2,1H3,(H,19,21). The van der Waals surface area contributed by atoms with Gasteiger partial charge in [0, 0.05) is 30.9 Å². The predicted octanol–water partition coefficient (Wildman–Crippen LogP) is 3.68. The fourth-order valence-corrected chi connectivity index (χ4v) is 2.12. The van der Waals surface area contributed by atoms with Gasteiger partial charge in [-0.3, -0.25) is 4.79 Å². The van der Waals surface area contributed by atoms with Gasteiger partial charge in [0.25, 0.3) is 0 Å². The number of hydrogen-bond acceptors (Lipinski definition) is 2. The number of para-hydroxylation sites is 1. The van der Waals surface area contributed by atoms with Crippen LogP contribution in [0.4, 0.5) is 15.8 Å². The van der Waals surface area contributed by atoms with E-state index in [1.165, 1.54) is 12.1 Å². The molecule has 110 valence electrons. The zero-order valence-electron chi connectivity index (χ0n) is 12.1. The number of benzene rings is 2. The van der Waals surface area contributed by atoms with E-state index in [1.807, 2.05) is 48.2 Å². The van der Waals surface area contributed by atoms with Crippen LogP contribution in [-0.4, -0.2) is 19.0 Å². The first-order valence-electron chi connectivity index (χ1n) is 7.04. The summed E-state index contributed by atoms with van der Waals surface area (Å²) in [6, 6.07) is 15.8. The lowest BCUT2D eigenvalue weighted by Gasteiger charge is -2.22. The highest BCUT2D eigenvalue weighted by atomic mass is 19.1. The van der Waals surface area contributed by atoms with Crippen LogP contribution >= 0.6 is 0 Å². The molecule has 0 aliphatic heterocycles. The lowest BCUT2D eigenvalue weighted by molar-refractivity contribution is -0.116. The zero-order valence-corrected chi connectivity index (χ0v) is 12.1. The summed E-state index contributed by atoms with van der Waals surface area (Å²) in [6.45, 7) is 3.26. The van der Waals surface area contributed by atoms with Crippen LogP contribution in [0.1, 0.15) is 13.3 Å². The number of nitrogens with one attached hydrogen (secondary N) is 1. The van der Waals surface area contributed by atoms with E-state index in [-0.39, 0.29) is 11.7 Å². The molecule has 0 unspecified atom stereocenters. The molecule has 0 radical (unpaired) electrons. The Morgan fingerprint density at radius 1 is 1.14 bits per heavy atom. The molecule has 0 saturated carbocycles. The molecule has 21 heavy (non-hydrogen) atoms. The molecule has 0 fully saturated rings. The molecule has 2 aromatic rings. The molecule has 0 aliphatic rings. The Labute approximate surface area is 124 Å². The minimum absolute atomic E-state index is 0.0453. The van der Waals surface area contributed by atoms with Crippen molar-refractivity contribution in [2.75, 3.05) is 23.3 Å². The summed E-state index contributed by atoms with van der Waals surface area (Å²) in [5.41, 5.74) is 1.58. The minimum Gasteiger partial charge on any atom is -0.371 e. The van der Waals surface area contributed by atoms with Crippen LogP contribution in [0.15, 0.2) is 54.6 Å². The Morgan fingerprint density at radius 2 is 1.90 bits per heavy atom. The normalized spacial score (nSPS) is 10.2. The van der Waals surface area contributed by atoms with E-state index in [0.29, 0.717) is 13.0 Å². The number of nitrogens with zero attached hydrogens (tertiary/aromatic N) is 1. The summed E-state index contributed by atoms with van der Waals surface area (Å²) in [4.78, 5) is 13.9. The van der Waals surface area contributed by atoms with Crippen LogP contribution in [0.5, 0.6) is 0 Å². The van der Waals surface area contributed by atoms with Gasteiger partial charge in [-0.05, 0) is 37.3 Å². The molecule has 1 N–H and O–H groups in total. The van der Waals surface area contributed by atoms with Crippen LogP contribution in [-0.2, 0) is 4.79 Å². The number of halogens is 1. The zero-order chi connectivity index (χ0) is 15.1. The topological polar surface area (TPSA) is 32.3 Å². The van der Waals surface area contributed by atoms with Crippen LogP contribution in [0.2, 0.25) is 0 Å². The monoisotopic (exact) mass is 286 g/mol. The Bertz CT molecular complexity index is 586. The molecular weight excluding hydrogens is 267 g/mol. The first-order chi connectivity index (χ1) is 10.2. The van der Waals surface area contributed by atoms with E-state index in [0.717, 1.165) is 17.9 Å². The number of hydrogen-bond donors (Lipinski definition) is 1. The number of carbonyl (C=O) groups excluding carboxylic acids is 1. The fraction of sp³-hybridized carbons (Fsp3) is 0.235. The van der Waals surface area contributed by atoms with Crippen LogP contribution in [0, 0.1) is 5.82 Å². The lowest BCUT2D eigenvalue weighted by atomic mass is 10.2. The SMILES string of the molecule is CCN(CCC(=O)Nc1ccccc1)c1cccc(F)c1. The van der Waals surface area contributed by atoms with E-state index in [1.54, 1.807) is 6.07 Å². The Balaban J connectivity index is 1.90. The van der Waals surface area contributed by atoms with Crippen LogP contribution in [0.3, 0.4) is 0 Å². The van der Waals surface area contributed by atoms with Crippen LogP contribution < -0.4 is 10.2 Å². The third-order valence-electron chi connectivity index (χ3n) is 3.22. The van der Waals surface area contributed by atoms with Gasteiger partial charge in [-0.15, -0.1) is 0 Å². The van der Waals surface area contributed by atoms with Crippen LogP contribution in [0.25, 0.3) is 0 Å². The average Bonchev–Trinajstić information content (AvgIpc) is 2.49. The van der Waals surface area contributed by atoms with Crippen molar-refractivity contribution >= 4 is 17.3 Å². The summed E-state index contributed by atoms with van der Waals surface area (Å²) in [5, 5.41) is 2.84. The highest BCUT2D eigenvalue weighted by molar-refractivity contribution is 5.90. The average molecular weight is 286 g/mol. The molecule has 0 heterocycles. The van der Waals surface area contributed by atoms with Gasteiger partial charge in [-0.1, -0.05) is 24.3 Å². The molecule has 2 rings (SSSR count). The van der Waals surface area contributed by atoms with Crippen molar-refractivity contribution in [2.24, 2.45) is 0 Å². The fourth-order valence-electron chi connectivity index (χ4n) is 2.12.